The first-order chi connectivity index (χ1) is 17.8. The van der Waals surface area contributed by atoms with Gasteiger partial charge in [-0.1, -0.05) is 73.0 Å². The van der Waals surface area contributed by atoms with E-state index in [2.05, 4.69) is 17.6 Å². The van der Waals surface area contributed by atoms with E-state index in [1.807, 2.05) is 12.1 Å². The summed E-state index contributed by atoms with van der Waals surface area (Å²) in [5.74, 6) is -0.966. The summed E-state index contributed by atoms with van der Waals surface area (Å²) in [5, 5.41) is 7.70. The van der Waals surface area contributed by atoms with Gasteiger partial charge in [0, 0.05) is 22.3 Å². The minimum atomic E-state index is -1.08. The Kier molecular flexibility index (Phi) is 8.69. The molecule has 0 radical (unpaired) electrons. The number of ether oxygens (including phenoxy) is 1. The molecule has 0 saturated heterocycles. The van der Waals surface area contributed by atoms with Crippen LogP contribution in [0, 0.1) is 0 Å². The summed E-state index contributed by atoms with van der Waals surface area (Å²) in [5.41, 5.74) is 3.08. The Labute approximate surface area is 231 Å². The van der Waals surface area contributed by atoms with Crippen LogP contribution in [0.5, 0.6) is 0 Å². The van der Waals surface area contributed by atoms with Gasteiger partial charge >= 0.3 is 5.97 Å². The lowest BCUT2D eigenvalue weighted by Crippen LogP contribution is -2.44. The van der Waals surface area contributed by atoms with Crippen LogP contribution in [0.15, 0.2) is 66.7 Å². The molecule has 2 N–H and O–H groups in total. The highest BCUT2D eigenvalue weighted by atomic mass is 35.5. The molecule has 6 nitrogen and oxygen atoms in total. The highest BCUT2D eigenvalue weighted by Crippen LogP contribution is 2.39. The van der Waals surface area contributed by atoms with E-state index in [9.17, 15) is 9.59 Å². The van der Waals surface area contributed by atoms with Gasteiger partial charge in [0.15, 0.2) is 6.04 Å². The van der Waals surface area contributed by atoms with Gasteiger partial charge in [-0.2, -0.15) is 0 Å². The van der Waals surface area contributed by atoms with Crippen LogP contribution < -0.4 is 10.6 Å². The van der Waals surface area contributed by atoms with Crippen LogP contribution >= 0.6 is 35.4 Å². The Hall–Kier alpha value is -3.13. The second kappa shape index (κ2) is 11.9. The fourth-order valence-electron chi connectivity index (χ4n) is 4.33. The Bertz CT molecular complexity index is 1300. The van der Waals surface area contributed by atoms with Crippen molar-refractivity contribution in [2.75, 3.05) is 24.3 Å². The van der Waals surface area contributed by atoms with Crippen molar-refractivity contribution >= 4 is 63.7 Å². The third kappa shape index (κ3) is 5.90. The van der Waals surface area contributed by atoms with Gasteiger partial charge in [-0.3, -0.25) is 4.79 Å². The molecule has 0 aliphatic carbocycles. The van der Waals surface area contributed by atoms with E-state index in [4.69, 9.17) is 40.2 Å². The van der Waals surface area contributed by atoms with Crippen LogP contribution in [0.1, 0.15) is 53.3 Å². The standard InChI is InChI=1S/C28H27Cl2N3O3S/c1-3-4-15-31-21-13-14-22-23(16-21)32-26(37)24(17-5-9-19(29)10-6-17)33(27(22)34)25(28(35)36-2)18-7-11-20(30)12-8-18/h5-14,16,24-25,31H,3-4,15H2,1-2H3,(H,32,37). The number of anilines is 2. The number of methoxy groups -OCH3 is 1. The van der Waals surface area contributed by atoms with Crippen LogP contribution in [0.2, 0.25) is 10.0 Å². The molecule has 1 amide bonds. The first-order valence-corrected chi connectivity index (χ1v) is 13.1. The molecule has 2 atom stereocenters. The average Bonchev–Trinajstić information content (AvgIpc) is 2.99. The number of hydrogen-bond acceptors (Lipinski definition) is 5. The van der Waals surface area contributed by atoms with Gasteiger partial charge in [0.2, 0.25) is 0 Å². The van der Waals surface area contributed by atoms with E-state index >= 15 is 0 Å². The summed E-state index contributed by atoms with van der Waals surface area (Å²) in [6.45, 7) is 2.94. The number of rotatable bonds is 8. The van der Waals surface area contributed by atoms with Gasteiger partial charge in [0.25, 0.3) is 5.91 Å². The van der Waals surface area contributed by atoms with Crippen molar-refractivity contribution in [2.24, 2.45) is 0 Å². The maximum absolute atomic E-state index is 14.3. The normalized spacial score (nSPS) is 15.9. The van der Waals surface area contributed by atoms with Crippen molar-refractivity contribution in [3.63, 3.8) is 0 Å². The largest absolute Gasteiger partial charge is 0.467 e. The number of esters is 1. The van der Waals surface area contributed by atoms with E-state index < -0.39 is 18.1 Å². The van der Waals surface area contributed by atoms with Crippen LogP contribution in [0.25, 0.3) is 0 Å². The van der Waals surface area contributed by atoms with Crippen molar-refractivity contribution in [2.45, 2.75) is 31.8 Å². The summed E-state index contributed by atoms with van der Waals surface area (Å²) < 4.78 is 5.18. The van der Waals surface area contributed by atoms with Crippen molar-refractivity contribution < 1.29 is 14.3 Å². The fraction of sp³-hybridized carbons (Fsp3) is 0.250. The second-order valence-electron chi connectivity index (χ2n) is 8.67. The molecule has 9 heteroatoms. The highest BCUT2D eigenvalue weighted by molar-refractivity contribution is 7.80. The average molecular weight is 557 g/mol. The second-order valence-corrected chi connectivity index (χ2v) is 9.99. The maximum Gasteiger partial charge on any atom is 0.333 e. The van der Waals surface area contributed by atoms with Crippen molar-refractivity contribution in [3.8, 4) is 0 Å². The zero-order valence-corrected chi connectivity index (χ0v) is 22.8. The molecule has 0 spiro atoms. The Balaban J connectivity index is 1.87. The SMILES string of the molecule is CCCCNc1ccc2c(c1)NC(=S)C(c1ccc(Cl)cc1)N(C(C(=O)OC)c1ccc(Cl)cc1)C2=O. The van der Waals surface area contributed by atoms with Gasteiger partial charge in [0.1, 0.15) is 11.0 Å². The monoisotopic (exact) mass is 555 g/mol. The molecule has 0 aromatic heterocycles. The summed E-state index contributed by atoms with van der Waals surface area (Å²) in [6, 6.07) is 17.4. The van der Waals surface area contributed by atoms with E-state index in [0.717, 1.165) is 25.1 Å². The third-order valence-corrected chi connectivity index (χ3v) is 7.03. The first-order valence-electron chi connectivity index (χ1n) is 11.9. The number of unbranched alkanes of at least 4 members (excludes halogenated alkanes) is 1. The molecule has 0 fully saturated rings. The fourth-order valence-corrected chi connectivity index (χ4v) is 4.94. The van der Waals surface area contributed by atoms with E-state index in [0.29, 0.717) is 37.4 Å². The van der Waals surface area contributed by atoms with Crippen molar-refractivity contribution in [3.05, 3.63) is 93.5 Å². The highest BCUT2D eigenvalue weighted by Gasteiger charge is 2.42. The molecule has 1 aliphatic rings. The number of carbonyl (C=O) groups excluding carboxylic acids is 2. The molecular formula is C28H27Cl2N3O3S. The third-order valence-electron chi connectivity index (χ3n) is 6.20. The number of thiocarbonyl (C=S) groups is 1. The van der Waals surface area contributed by atoms with Crippen LogP contribution in [0.4, 0.5) is 11.4 Å². The first kappa shape index (κ1) is 26.9. The van der Waals surface area contributed by atoms with Gasteiger partial charge in [-0.25, -0.2) is 4.79 Å². The number of nitrogens with one attached hydrogen (secondary N) is 2. The number of nitrogens with zero attached hydrogens (tertiary/aromatic N) is 1. The summed E-state index contributed by atoms with van der Waals surface area (Å²) >= 11 is 18.1. The Morgan fingerprint density at radius 2 is 1.73 bits per heavy atom. The molecule has 3 aromatic rings. The zero-order valence-electron chi connectivity index (χ0n) is 20.5. The smallest absolute Gasteiger partial charge is 0.333 e. The molecule has 192 valence electrons. The number of hydrogen-bond donors (Lipinski definition) is 2. The number of fused-ring (bicyclic) bond motifs is 1. The number of carbonyl (C=O) groups is 2. The van der Waals surface area contributed by atoms with Crippen LogP contribution in [-0.4, -0.2) is 35.4 Å². The van der Waals surface area contributed by atoms with Crippen molar-refractivity contribution in [1.29, 1.82) is 0 Å². The summed E-state index contributed by atoms with van der Waals surface area (Å²) in [4.78, 5) is 29.4. The molecule has 1 heterocycles. The van der Waals surface area contributed by atoms with Gasteiger partial charge in [0.05, 0.1) is 18.4 Å². The van der Waals surface area contributed by atoms with Crippen LogP contribution in [-0.2, 0) is 9.53 Å². The summed E-state index contributed by atoms with van der Waals surface area (Å²) in [6.07, 6.45) is 2.09. The van der Waals surface area contributed by atoms with Crippen LogP contribution in [0.3, 0.4) is 0 Å². The predicted octanol–water partition coefficient (Wildman–Crippen LogP) is 7.06. The lowest BCUT2D eigenvalue weighted by Gasteiger charge is -2.36. The van der Waals surface area contributed by atoms with E-state index in [-0.39, 0.29) is 5.91 Å². The number of amides is 1. The lowest BCUT2D eigenvalue weighted by molar-refractivity contribution is -0.146. The Morgan fingerprint density at radius 3 is 2.35 bits per heavy atom. The molecule has 0 saturated carbocycles. The topological polar surface area (TPSA) is 70.7 Å². The quantitative estimate of drug-likeness (QED) is 0.176. The zero-order chi connectivity index (χ0) is 26.5. The molecule has 1 aliphatic heterocycles. The summed E-state index contributed by atoms with van der Waals surface area (Å²) in [7, 11) is 1.30. The Morgan fingerprint density at radius 1 is 1.08 bits per heavy atom. The van der Waals surface area contributed by atoms with Crippen molar-refractivity contribution in [1.82, 2.24) is 4.90 Å². The van der Waals surface area contributed by atoms with E-state index in [1.165, 1.54) is 12.0 Å². The van der Waals surface area contributed by atoms with E-state index in [1.54, 1.807) is 54.6 Å². The minimum absolute atomic E-state index is 0.364. The lowest BCUT2D eigenvalue weighted by atomic mass is 9.98. The van der Waals surface area contributed by atoms with Gasteiger partial charge < -0.3 is 20.3 Å². The van der Waals surface area contributed by atoms with Gasteiger partial charge in [-0.05, 0) is 60.0 Å². The molecule has 4 rings (SSSR count). The molecule has 0 bridgehead atoms. The van der Waals surface area contributed by atoms with Gasteiger partial charge in [-0.15, -0.1) is 0 Å². The number of benzene rings is 3. The maximum atomic E-state index is 14.3. The molecular weight excluding hydrogens is 529 g/mol. The molecule has 37 heavy (non-hydrogen) atoms. The molecule has 2 unspecified atom stereocenters. The minimum Gasteiger partial charge on any atom is -0.467 e. The molecule has 3 aromatic carbocycles. The number of halogens is 2. The predicted molar refractivity (Wildman–Crippen MR) is 153 cm³/mol.